The zero-order valence-electron chi connectivity index (χ0n) is 20.0. The van der Waals surface area contributed by atoms with E-state index in [4.69, 9.17) is 38.7 Å². The molecule has 0 saturated heterocycles. The molecule has 5 nitrogen and oxygen atoms in total. The van der Waals surface area contributed by atoms with Crippen molar-refractivity contribution in [3.63, 3.8) is 0 Å². The molecule has 0 fully saturated rings. The maximum absolute atomic E-state index is 11.8. The number of hydrogen-bond donors (Lipinski definition) is 1. The van der Waals surface area contributed by atoms with Crippen LogP contribution in [0.2, 0.25) is 10.0 Å². The number of nitrogens with zero attached hydrogens (tertiary/aromatic N) is 2. The summed E-state index contributed by atoms with van der Waals surface area (Å²) < 4.78 is 6.88. The first-order valence-corrected chi connectivity index (χ1v) is 12.3. The second kappa shape index (κ2) is 10.5. The molecule has 5 aromatic rings. The lowest BCUT2D eigenvalue weighted by molar-refractivity contribution is 0.0600. The molecule has 0 aliphatic heterocycles. The van der Waals surface area contributed by atoms with Gasteiger partial charge in [-0.25, -0.2) is 9.78 Å². The minimum atomic E-state index is -0.366. The van der Waals surface area contributed by atoms with E-state index in [1.807, 2.05) is 60.8 Å². The van der Waals surface area contributed by atoms with Crippen molar-refractivity contribution in [1.82, 2.24) is 9.55 Å². The van der Waals surface area contributed by atoms with Gasteiger partial charge >= 0.3 is 5.97 Å². The summed E-state index contributed by atoms with van der Waals surface area (Å²) in [5, 5.41) is 1.10. The van der Waals surface area contributed by atoms with Crippen molar-refractivity contribution in [2.75, 3.05) is 12.8 Å². The summed E-state index contributed by atoms with van der Waals surface area (Å²) in [4.78, 5) is 16.8. The van der Waals surface area contributed by atoms with Crippen LogP contribution < -0.4 is 5.73 Å². The maximum atomic E-state index is 11.8. The van der Waals surface area contributed by atoms with E-state index >= 15 is 0 Å². The average Bonchev–Trinajstić information content (AvgIpc) is 3.32. The number of ether oxygens (including phenoxy) is 1. The van der Waals surface area contributed by atoms with Gasteiger partial charge in [0.25, 0.3) is 0 Å². The summed E-state index contributed by atoms with van der Waals surface area (Å²) in [6.45, 7) is 0.548. The molecule has 2 N–H and O–H groups in total. The van der Waals surface area contributed by atoms with Crippen LogP contribution in [0.1, 0.15) is 15.9 Å². The Balaban J connectivity index is 1.54. The molecular formula is C30H23Cl2N3O2. The Kier molecular flexibility index (Phi) is 6.99. The second-order valence-electron chi connectivity index (χ2n) is 8.59. The third kappa shape index (κ3) is 5.38. The Bertz CT molecular complexity index is 1580. The minimum Gasteiger partial charge on any atom is -0.465 e. The van der Waals surface area contributed by atoms with Crippen molar-refractivity contribution in [1.29, 1.82) is 0 Å². The predicted octanol–water partition coefficient (Wildman–Crippen LogP) is 7.61. The van der Waals surface area contributed by atoms with Crippen molar-refractivity contribution >= 4 is 34.9 Å². The van der Waals surface area contributed by atoms with E-state index in [2.05, 4.69) is 16.7 Å². The Labute approximate surface area is 225 Å². The largest absolute Gasteiger partial charge is 0.465 e. The molecule has 1 heterocycles. The van der Waals surface area contributed by atoms with E-state index in [0.29, 0.717) is 22.2 Å². The number of anilines is 1. The SMILES string of the molecule is COC(=O)c1ccc(Cn2cc(-c3ccc(Cl)cc3Cl)nc2-c2ccc(-c3cccc(N)c3)cc2)cc1. The van der Waals surface area contributed by atoms with Gasteiger partial charge in [0.05, 0.1) is 23.4 Å². The number of esters is 1. The van der Waals surface area contributed by atoms with Crippen LogP contribution in [-0.2, 0) is 11.3 Å². The van der Waals surface area contributed by atoms with Gasteiger partial charge in [-0.1, -0.05) is 71.7 Å². The number of carbonyl (C=O) groups excluding carboxylic acids is 1. The van der Waals surface area contributed by atoms with Gasteiger partial charge in [0.2, 0.25) is 0 Å². The zero-order valence-corrected chi connectivity index (χ0v) is 21.5. The molecule has 37 heavy (non-hydrogen) atoms. The average molecular weight is 528 g/mol. The molecule has 0 bridgehead atoms. The summed E-state index contributed by atoms with van der Waals surface area (Å²) in [5.74, 6) is 0.423. The van der Waals surface area contributed by atoms with Crippen molar-refractivity contribution in [2.24, 2.45) is 0 Å². The van der Waals surface area contributed by atoms with Gasteiger partial charge < -0.3 is 15.0 Å². The molecule has 0 aliphatic carbocycles. The molecule has 0 amide bonds. The number of halogens is 2. The van der Waals surface area contributed by atoms with Crippen LogP contribution in [0.3, 0.4) is 0 Å². The van der Waals surface area contributed by atoms with Crippen molar-refractivity contribution in [3.05, 3.63) is 118 Å². The fraction of sp³-hybridized carbons (Fsp3) is 0.0667. The van der Waals surface area contributed by atoms with Gasteiger partial charge in [0.1, 0.15) is 5.82 Å². The zero-order chi connectivity index (χ0) is 25.9. The number of nitrogen functional groups attached to an aromatic ring is 1. The van der Waals surface area contributed by atoms with Gasteiger partial charge in [-0.05, 0) is 59.2 Å². The number of nitrogens with two attached hydrogens (primary N) is 1. The Morgan fingerprint density at radius 2 is 1.62 bits per heavy atom. The molecule has 7 heteroatoms. The Hall–Kier alpha value is -4.06. The highest BCUT2D eigenvalue weighted by Gasteiger charge is 2.15. The first-order chi connectivity index (χ1) is 17.9. The van der Waals surface area contributed by atoms with Crippen LogP contribution in [0.5, 0.6) is 0 Å². The van der Waals surface area contributed by atoms with E-state index < -0.39 is 0 Å². The monoisotopic (exact) mass is 527 g/mol. The minimum absolute atomic E-state index is 0.366. The molecule has 0 saturated carbocycles. The van der Waals surface area contributed by atoms with Gasteiger partial charge in [-0.3, -0.25) is 0 Å². The summed E-state index contributed by atoms with van der Waals surface area (Å²) in [7, 11) is 1.37. The van der Waals surface area contributed by atoms with Gasteiger partial charge in [0, 0.05) is 34.6 Å². The fourth-order valence-electron chi connectivity index (χ4n) is 4.18. The molecule has 0 spiro atoms. The number of imidazole rings is 1. The molecule has 5 rings (SSSR count). The second-order valence-corrected chi connectivity index (χ2v) is 9.44. The molecule has 1 aromatic heterocycles. The molecular weight excluding hydrogens is 505 g/mol. The summed E-state index contributed by atoms with van der Waals surface area (Å²) in [6.07, 6.45) is 1.98. The van der Waals surface area contributed by atoms with Crippen molar-refractivity contribution in [2.45, 2.75) is 6.54 Å². The van der Waals surface area contributed by atoms with Crippen molar-refractivity contribution < 1.29 is 9.53 Å². The van der Waals surface area contributed by atoms with E-state index in [-0.39, 0.29) is 5.97 Å². The van der Waals surface area contributed by atoms with Gasteiger partial charge in [-0.2, -0.15) is 0 Å². The molecule has 184 valence electrons. The third-order valence-electron chi connectivity index (χ3n) is 6.07. The van der Waals surface area contributed by atoms with Crippen molar-refractivity contribution in [3.8, 4) is 33.8 Å². The third-order valence-corrected chi connectivity index (χ3v) is 6.62. The highest BCUT2D eigenvalue weighted by atomic mass is 35.5. The fourth-order valence-corrected chi connectivity index (χ4v) is 4.69. The van der Waals surface area contributed by atoms with Crippen LogP contribution in [0.25, 0.3) is 33.8 Å². The van der Waals surface area contributed by atoms with Crippen LogP contribution in [0.4, 0.5) is 5.69 Å². The van der Waals surface area contributed by atoms with E-state index in [9.17, 15) is 4.79 Å². The van der Waals surface area contributed by atoms with Crippen LogP contribution in [-0.4, -0.2) is 22.6 Å². The van der Waals surface area contributed by atoms with Crippen LogP contribution in [0.15, 0.2) is 97.2 Å². The topological polar surface area (TPSA) is 70.1 Å². The number of rotatable bonds is 6. The standard InChI is InChI=1S/C30H23Cl2N3O2/c1-37-30(36)22-7-5-19(6-8-22)17-35-18-28(26-14-13-24(31)16-27(26)32)34-29(35)21-11-9-20(10-12-21)23-3-2-4-25(33)15-23/h2-16,18H,17,33H2,1H3. The highest BCUT2D eigenvalue weighted by Crippen LogP contribution is 2.33. The number of benzene rings is 4. The molecule has 0 radical (unpaired) electrons. The number of aromatic nitrogens is 2. The molecule has 0 aliphatic rings. The lowest BCUT2D eigenvalue weighted by atomic mass is 10.0. The number of carbonyl (C=O) groups is 1. The van der Waals surface area contributed by atoms with E-state index in [1.165, 1.54) is 7.11 Å². The summed E-state index contributed by atoms with van der Waals surface area (Å²) >= 11 is 12.6. The van der Waals surface area contributed by atoms with Gasteiger partial charge in [0.15, 0.2) is 0 Å². The molecule has 4 aromatic carbocycles. The molecule has 0 atom stereocenters. The van der Waals surface area contributed by atoms with Crippen LogP contribution in [0, 0.1) is 0 Å². The smallest absolute Gasteiger partial charge is 0.337 e. The first kappa shape index (κ1) is 24.6. The maximum Gasteiger partial charge on any atom is 0.337 e. The van der Waals surface area contributed by atoms with Gasteiger partial charge in [-0.15, -0.1) is 0 Å². The van der Waals surface area contributed by atoms with Crippen LogP contribution >= 0.6 is 23.2 Å². The van der Waals surface area contributed by atoms with E-state index in [0.717, 1.165) is 45.0 Å². The number of hydrogen-bond acceptors (Lipinski definition) is 4. The summed E-state index contributed by atoms with van der Waals surface area (Å²) in [6, 6.07) is 28.7. The lowest BCUT2D eigenvalue weighted by Crippen LogP contribution is -2.03. The Morgan fingerprint density at radius 3 is 2.30 bits per heavy atom. The predicted molar refractivity (Wildman–Crippen MR) is 150 cm³/mol. The summed E-state index contributed by atoms with van der Waals surface area (Å²) in [5.41, 5.74) is 12.8. The normalized spacial score (nSPS) is 10.9. The molecule has 0 unspecified atom stereocenters. The first-order valence-electron chi connectivity index (χ1n) is 11.6. The Morgan fingerprint density at radius 1 is 0.892 bits per heavy atom. The highest BCUT2D eigenvalue weighted by molar-refractivity contribution is 6.36. The quantitative estimate of drug-likeness (QED) is 0.182. The lowest BCUT2D eigenvalue weighted by Gasteiger charge is -2.10. The number of methoxy groups -OCH3 is 1. The van der Waals surface area contributed by atoms with E-state index in [1.54, 1.807) is 24.3 Å².